The van der Waals surface area contributed by atoms with Gasteiger partial charge >= 0.3 is 5.97 Å². The first-order chi connectivity index (χ1) is 6.22. The van der Waals surface area contributed by atoms with Gasteiger partial charge in [0.1, 0.15) is 5.75 Å². The Morgan fingerprint density at radius 3 is 2.54 bits per heavy atom. The van der Waals surface area contributed by atoms with Crippen molar-refractivity contribution in [3.63, 3.8) is 0 Å². The Balaban J connectivity index is 2.46. The average Bonchev–Trinajstić information content (AvgIpc) is 2.16. The van der Waals surface area contributed by atoms with Crippen LogP contribution >= 0.6 is 22.6 Å². The van der Waals surface area contributed by atoms with Gasteiger partial charge in [-0.15, -0.1) is 0 Å². The lowest BCUT2D eigenvalue weighted by atomic mass is 10.3. The number of esters is 1. The lowest BCUT2D eigenvalue weighted by molar-refractivity contribution is -0.142. The molecule has 1 aromatic rings. The second kappa shape index (κ2) is 5.06. The van der Waals surface area contributed by atoms with Gasteiger partial charge in [0, 0.05) is 3.57 Å². The quantitative estimate of drug-likeness (QED) is 0.630. The molecule has 0 aliphatic heterocycles. The Hall–Kier alpha value is -0.780. The van der Waals surface area contributed by atoms with Gasteiger partial charge < -0.3 is 9.47 Å². The highest BCUT2D eigenvalue weighted by atomic mass is 127. The standard InChI is InChI=1S/C9H9IO3/c1-12-9(11)6-13-8-4-2-7(10)3-5-8/h2-5H,6H2,1H3. The number of halogens is 1. The summed E-state index contributed by atoms with van der Waals surface area (Å²) in [5, 5.41) is 0. The Morgan fingerprint density at radius 1 is 1.38 bits per heavy atom. The molecule has 0 unspecified atom stereocenters. The van der Waals surface area contributed by atoms with Gasteiger partial charge in [0.15, 0.2) is 6.61 Å². The number of rotatable bonds is 3. The Labute approximate surface area is 90.2 Å². The third-order valence-corrected chi connectivity index (χ3v) is 2.12. The molecular weight excluding hydrogens is 283 g/mol. The van der Waals surface area contributed by atoms with Gasteiger partial charge in [-0.1, -0.05) is 0 Å². The van der Waals surface area contributed by atoms with E-state index in [1.54, 1.807) is 0 Å². The highest BCUT2D eigenvalue weighted by Crippen LogP contribution is 2.13. The van der Waals surface area contributed by atoms with Crippen LogP contribution in [-0.2, 0) is 9.53 Å². The first kappa shape index (κ1) is 10.3. The highest BCUT2D eigenvalue weighted by Gasteiger charge is 2.00. The number of ether oxygens (including phenoxy) is 2. The van der Waals surface area contributed by atoms with Crippen LogP contribution in [0.3, 0.4) is 0 Å². The predicted molar refractivity (Wildman–Crippen MR) is 56.7 cm³/mol. The fourth-order valence-corrected chi connectivity index (χ4v) is 1.09. The van der Waals surface area contributed by atoms with E-state index in [9.17, 15) is 4.79 Å². The maximum absolute atomic E-state index is 10.7. The normalized spacial score (nSPS) is 9.38. The Bertz CT molecular complexity index is 281. The molecule has 70 valence electrons. The van der Waals surface area contributed by atoms with Crippen molar-refractivity contribution in [1.29, 1.82) is 0 Å². The van der Waals surface area contributed by atoms with E-state index in [1.807, 2.05) is 24.3 Å². The molecule has 0 N–H and O–H groups in total. The van der Waals surface area contributed by atoms with Crippen LogP contribution in [0.1, 0.15) is 0 Å². The van der Waals surface area contributed by atoms with Crippen molar-refractivity contribution in [2.45, 2.75) is 0 Å². The first-order valence-corrected chi connectivity index (χ1v) is 4.75. The van der Waals surface area contributed by atoms with Crippen LogP contribution in [0, 0.1) is 3.57 Å². The minimum atomic E-state index is -0.376. The second-order valence-corrected chi connectivity index (χ2v) is 3.56. The molecule has 1 aromatic carbocycles. The number of hydrogen-bond donors (Lipinski definition) is 0. The van der Waals surface area contributed by atoms with Crippen molar-refractivity contribution in [2.24, 2.45) is 0 Å². The summed E-state index contributed by atoms with van der Waals surface area (Å²) in [7, 11) is 1.33. The van der Waals surface area contributed by atoms with E-state index in [1.165, 1.54) is 7.11 Å². The lowest BCUT2D eigenvalue weighted by Gasteiger charge is -2.03. The van der Waals surface area contributed by atoms with E-state index in [4.69, 9.17) is 4.74 Å². The zero-order valence-electron chi connectivity index (χ0n) is 7.12. The monoisotopic (exact) mass is 292 g/mol. The molecule has 13 heavy (non-hydrogen) atoms. The Morgan fingerprint density at radius 2 is 2.00 bits per heavy atom. The first-order valence-electron chi connectivity index (χ1n) is 3.67. The number of benzene rings is 1. The van der Waals surface area contributed by atoms with Crippen LogP contribution in [0.4, 0.5) is 0 Å². The maximum atomic E-state index is 10.7. The molecule has 0 saturated carbocycles. The van der Waals surface area contributed by atoms with E-state index >= 15 is 0 Å². The molecule has 1 rings (SSSR count). The van der Waals surface area contributed by atoms with E-state index < -0.39 is 0 Å². The van der Waals surface area contributed by atoms with Gasteiger partial charge in [-0.2, -0.15) is 0 Å². The number of hydrogen-bond acceptors (Lipinski definition) is 3. The molecule has 0 spiro atoms. The molecule has 0 amide bonds. The van der Waals surface area contributed by atoms with Crippen molar-refractivity contribution < 1.29 is 14.3 Å². The molecule has 0 saturated heterocycles. The topological polar surface area (TPSA) is 35.5 Å². The number of carbonyl (C=O) groups excluding carboxylic acids is 1. The van der Waals surface area contributed by atoms with Gasteiger partial charge in [0.25, 0.3) is 0 Å². The van der Waals surface area contributed by atoms with Crippen LogP contribution < -0.4 is 4.74 Å². The van der Waals surface area contributed by atoms with E-state index in [-0.39, 0.29) is 12.6 Å². The van der Waals surface area contributed by atoms with Crippen molar-refractivity contribution >= 4 is 28.6 Å². The molecule has 0 fully saturated rings. The van der Waals surface area contributed by atoms with Gasteiger partial charge in [-0.3, -0.25) is 0 Å². The zero-order chi connectivity index (χ0) is 9.68. The van der Waals surface area contributed by atoms with E-state index in [0.717, 1.165) is 3.57 Å². The van der Waals surface area contributed by atoms with Crippen LogP contribution in [0.25, 0.3) is 0 Å². The van der Waals surface area contributed by atoms with Crippen molar-refractivity contribution in [3.8, 4) is 5.75 Å². The molecule has 0 aliphatic rings. The van der Waals surface area contributed by atoms with Gasteiger partial charge in [-0.05, 0) is 46.9 Å². The smallest absolute Gasteiger partial charge is 0.343 e. The predicted octanol–water partition coefficient (Wildman–Crippen LogP) is 1.84. The van der Waals surface area contributed by atoms with Crippen molar-refractivity contribution in [2.75, 3.05) is 13.7 Å². The van der Waals surface area contributed by atoms with Crippen LogP contribution in [0.2, 0.25) is 0 Å². The fourth-order valence-electron chi connectivity index (χ4n) is 0.732. The fraction of sp³-hybridized carbons (Fsp3) is 0.222. The minimum absolute atomic E-state index is 0.0446. The zero-order valence-corrected chi connectivity index (χ0v) is 9.28. The molecule has 0 radical (unpaired) electrons. The van der Waals surface area contributed by atoms with Crippen LogP contribution in [0.15, 0.2) is 24.3 Å². The third kappa shape index (κ3) is 3.63. The average molecular weight is 292 g/mol. The molecule has 0 atom stereocenters. The highest BCUT2D eigenvalue weighted by molar-refractivity contribution is 14.1. The third-order valence-electron chi connectivity index (χ3n) is 1.40. The van der Waals surface area contributed by atoms with Gasteiger partial charge in [0.2, 0.25) is 0 Å². The minimum Gasteiger partial charge on any atom is -0.482 e. The van der Waals surface area contributed by atoms with Crippen LogP contribution in [0.5, 0.6) is 5.75 Å². The summed E-state index contributed by atoms with van der Waals surface area (Å²) in [6.07, 6.45) is 0. The second-order valence-electron chi connectivity index (χ2n) is 2.32. The molecule has 0 heterocycles. The molecule has 0 bridgehead atoms. The van der Waals surface area contributed by atoms with Gasteiger partial charge in [-0.25, -0.2) is 4.79 Å². The summed E-state index contributed by atoms with van der Waals surface area (Å²) in [6, 6.07) is 7.44. The summed E-state index contributed by atoms with van der Waals surface area (Å²) in [4.78, 5) is 10.7. The summed E-state index contributed by atoms with van der Waals surface area (Å²) in [5.41, 5.74) is 0. The summed E-state index contributed by atoms with van der Waals surface area (Å²) < 4.78 is 10.7. The lowest BCUT2D eigenvalue weighted by Crippen LogP contribution is -2.12. The Kier molecular flexibility index (Phi) is 4.01. The maximum Gasteiger partial charge on any atom is 0.343 e. The molecule has 0 aromatic heterocycles. The van der Waals surface area contributed by atoms with E-state index in [2.05, 4.69) is 27.3 Å². The molecule has 0 aliphatic carbocycles. The molecular formula is C9H9IO3. The SMILES string of the molecule is COC(=O)COc1ccc(I)cc1. The summed E-state index contributed by atoms with van der Waals surface area (Å²) >= 11 is 2.20. The van der Waals surface area contributed by atoms with Crippen molar-refractivity contribution in [1.82, 2.24) is 0 Å². The molecule has 3 nitrogen and oxygen atoms in total. The summed E-state index contributed by atoms with van der Waals surface area (Å²) in [5.74, 6) is 0.296. The molecule has 4 heteroatoms. The van der Waals surface area contributed by atoms with Crippen LogP contribution in [-0.4, -0.2) is 19.7 Å². The largest absolute Gasteiger partial charge is 0.482 e. The summed E-state index contributed by atoms with van der Waals surface area (Å²) in [6.45, 7) is -0.0446. The van der Waals surface area contributed by atoms with Crippen molar-refractivity contribution in [3.05, 3.63) is 27.8 Å². The number of methoxy groups -OCH3 is 1. The van der Waals surface area contributed by atoms with E-state index in [0.29, 0.717) is 5.75 Å². The van der Waals surface area contributed by atoms with Gasteiger partial charge in [0.05, 0.1) is 7.11 Å². The number of carbonyl (C=O) groups is 1.